The molecular formula is C54H45N. The molecule has 1 nitrogen and oxygen atoms in total. The van der Waals surface area contributed by atoms with Crippen LogP contribution in [0, 0.1) is 6.92 Å². The first-order valence-electron chi connectivity index (χ1n) is 20.1. The fourth-order valence-electron chi connectivity index (χ4n) is 11.3. The molecule has 0 N–H and O–H groups in total. The zero-order valence-electron chi connectivity index (χ0n) is 31.9. The minimum Gasteiger partial charge on any atom is -0.334 e. The van der Waals surface area contributed by atoms with Crippen molar-refractivity contribution in [3.05, 3.63) is 203 Å². The van der Waals surface area contributed by atoms with Crippen molar-refractivity contribution in [3.8, 4) is 22.3 Å². The monoisotopic (exact) mass is 707 g/mol. The molecule has 0 spiro atoms. The Hall–Kier alpha value is -5.92. The summed E-state index contributed by atoms with van der Waals surface area (Å²) in [7, 11) is 0. The zero-order chi connectivity index (χ0) is 36.9. The van der Waals surface area contributed by atoms with E-state index in [9.17, 15) is 0 Å². The maximum absolute atomic E-state index is 2.69. The lowest BCUT2D eigenvalue weighted by atomic mass is 9.61. The summed E-state index contributed by atoms with van der Waals surface area (Å²) in [6.07, 6.45) is 4.94. The van der Waals surface area contributed by atoms with Crippen LogP contribution in [0.1, 0.15) is 72.9 Å². The molecule has 0 radical (unpaired) electrons. The molecule has 1 fully saturated rings. The predicted octanol–water partition coefficient (Wildman–Crippen LogP) is 14.1. The number of hydrogen-bond donors (Lipinski definition) is 0. The molecule has 2 atom stereocenters. The minimum absolute atomic E-state index is 0.0159. The van der Waals surface area contributed by atoms with Crippen LogP contribution < -0.4 is 4.90 Å². The second-order valence-electron chi connectivity index (χ2n) is 16.8. The summed E-state index contributed by atoms with van der Waals surface area (Å²) in [5.41, 5.74) is 15.6. The van der Waals surface area contributed by atoms with Crippen molar-refractivity contribution in [1.82, 2.24) is 0 Å². The molecular weight excluding hydrogens is 663 g/mol. The van der Waals surface area contributed by atoms with Crippen molar-refractivity contribution in [3.63, 3.8) is 0 Å². The predicted molar refractivity (Wildman–Crippen MR) is 232 cm³/mol. The maximum atomic E-state index is 2.69. The van der Waals surface area contributed by atoms with Crippen LogP contribution in [0.2, 0.25) is 0 Å². The van der Waals surface area contributed by atoms with E-state index in [0.717, 1.165) is 0 Å². The van der Waals surface area contributed by atoms with E-state index in [2.05, 4.69) is 196 Å². The van der Waals surface area contributed by atoms with Gasteiger partial charge in [0.25, 0.3) is 0 Å². The van der Waals surface area contributed by atoms with Crippen molar-refractivity contribution in [2.75, 3.05) is 4.90 Å². The van der Waals surface area contributed by atoms with Crippen LogP contribution in [0.25, 0.3) is 43.8 Å². The Labute approximate surface area is 324 Å². The molecule has 0 amide bonds. The second kappa shape index (κ2) is 11.8. The van der Waals surface area contributed by atoms with E-state index in [1.807, 2.05) is 0 Å². The van der Waals surface area contributed by atoms with Crippen molar-refractivity contribution in [1.29, 1.82) is 0 Å². The van der Waals surface area contributed by atoms with Gasteiger partial charge in [-0.2, -0.15) is 0 Å². The van der Waals surface area contributed by atoms with Gasteiger partial charge in [0.2, 0.25) is 0 Å². The number of anilines is 2. The first-order valence-corrected chi connectivity index (χ1v) is 20.1. The van der Waals surface area contributed by atoms with Crippen LogP contribution in [0.4, 0.5) is 11.4 Å². The van der Waals surface area contributed by atoms with Gasteiger partial charge in [-0.25, -0.2) is 0 Å². The lowest BCUT2D eigenvalue weighted by Gasteiger charge is -2.50. The van der Waals surface area contributed by atoms with Gasteiger partial charge in [-0.3, -0.25) is 0 Å². The number of aryl methyl sites for hydroxylation is 1. The molecule has 1 aliphatic heterocycles. The van der Waals surface area contributed by atoms with Crippen LogP contribution >= 0.6 is 0 Å². The normalized spacial score (nSPS) is 20.6. The summed E-state index contributed by atoms with van der Waals surface area (Å²) in [4.78, 5) is 2.69. The van der Waals surface area contributed by atoms with Crippen molar-refractivity contribution < 1.29 is 0 Å². The van der Waals surface area contributed by atoms with Crippen molar-refractivity contribution >= 4 is 32.9 Å². The molecule has 0 bridgehead atoms. The van der Waals surface area contributed by atoms with E-state index in [1.165, 1.54) is 114 Å². The van der Waals surface area contributed by atoms with Crippen LogP contribution in [0.15, 0.2) is 170 Å². The molecule has 11 rings (SSSR count). The van der Waals surface area contributed by atoms with Gasteiger partial charge in [0, 0.05) is 16.8 Å². The number of hydrogen-bond acceptors (Lipinski definition) is 1. The third-order valence-electron chi connectivity index (χ3n) is 14.2. The summed E-state index contributed by atoms with van der Waals surface area (Å²) < 4.78 is 0. The quantitative estimate of drug-likeness (QED) is 0.165. The van der Waals surface area contributed by atoms with E-state index in [0.29, 0.717) is 0 Å². The highest BCUT2D eigenvalue weighted by Crippen LogP contribution is 2.62. The topological polar surface area (TPSA) is 3.24 Å². The van der Waals surface area contributed by atoms with Gasteiger partial charge in [0.05, 0.1) is 11.0 Å². The first-order chi connectivity index (χ1) is 26.9. The average Bonchev–Trinajstić information content (AvgIpc) is 3.65. The molecule has 8 aromatic carbocycles. The highest BCUT2D eigenvalue weighted by atomic mass is 15.3. The summed E-state index contributed by atoms with van der Waals surface area (Å²) in [6.45, 7) is 7.26. The maximum Gasteiger partial charge on any atom is 0.0714 e. The fourth-order valence-corrected chi connectivity index (χ4v) is 11.3. The van der Waals surface area contributed by atoms with E-state index in [4.69, 9.17) is 0 Å². The van der Waals surface area contributed by atoms with Gasteiger partial charge < -0.3 is 4.90 Å². The lowest BCUT2D eigenvalue weighted by molar-refractivity contribution is 0.195. The number of nitrogens with zero attached hydrogens (tertiary/aromatic N) is 1. The molecule has 8 aromatic rings. The number of benzene rings is 8. The Bertz CT molecular complexity index is 2760. The van der Waals surface area contributed by atoms with Crippen LogP contribution in [-0.2, 0) is 10.8 Å². The third kappa shape index (κ3) is 4.36. The molecule has 2 unspecified atom stereocenters. The molecule has 1 saturated carbocycles. The van der Waals surface area contributed by atoms with E-state index >= 15 is 0 Å². The Balaban J connectivity index is 1.17. The molecule has 1 heterocycles. The highest BCUT2D eigenvalue weighted by molar-refractivity contribution is 6.14. The summed E-state index contributed by atoms with van der Waals surface area (Å²) in [6, 6.07) is 64.7. The summed E-state index contributed by atoms with van der Waals surface area (Å²) >= 11 is 0. The van der Waals surface area contributed by atoms with E-state index < -0.39 is 5.41 Å². The minimum atomic E-state index is -0.476. The fraction of sp³-hybridized carbons (Fsp3) is 0.185. The molecule has 0 saturated heterocycles. The number of fused-ring (bicyclic) bond motifs is 10. The molecule has 266 valence electrons. The van der Waals surface area contributed by atoms with Crippen LogP contribution in [0.3, 0.4) is 0 Å². The third-order valence-corrected chi connectivity index (χ3v) is 14.2. The van der Waals surface area contributed by atoms with Crippen molar-refractivity contribution in [2.45, 2.75) is 62.8 Å². The van der Waals surface area contributed by atoms with Gasteiger partial charge in [0.1, 0.15) is 0 Å². The Morgan fingerprint density at radius 2 is 1.13 bits per heavy atom. The van der Waals surface area contributed by atoms with Crippen LogP contribution in [0.5, 0.6) is 0 Å². The van der Waals surface area contributed by atoms with Gasteiger partial charge >= 0.3 is 0 Å². The van der Waals surface area contributed by atoms with Gasteiger partial charge in [-0.1, -0.05) is 165 Å². The molecule has 2 aliphatic carbocycles. The average molecular weight is 708 g/mol. The van der Waals surface area contributed by atoms with E-state index in [1.54, 1.807) is 0 Å². The molecule has 55 heavy (non-hydrogen) atoms. The summed E-state index contributed by atoms with van der Waals surface area (Å²) in [5, 5.41) is 5.21. The molecule has 0 aromatic heterocycles. The first kappa shape index (κ1) is 32.5. The van der Waals surface area contributed by atoms with Crippen LogP contribution in [-0.4, -0.2) is 5.54 Å². The Morgan fingerprint density at radius 1 is 0.491 bits per heavy atom. The van der Waals surface area contributed by atoms with Crippen molar-refractivity contribution in [2.24, 2.45) is 0 Å². The molecule has 3 aliphatic rings. The molecule has 1 heteroatoms. The second-order valence-corrected chi connectivity index (χ2v) is 16.8. The number of rotatable bonds is 4. The van der Waals surface area contributed by atoms with Gasteiger partial charge in [-0.15, -0.1) is 0 Å². The van der Waals surface area contributed by atoms with Gasteiger partial charge in [0.15, 0.2) is 0 Å². The summed E-state index contributed by atoms with van der Waals surface area (Å²) in [5.74, 6) is 0. The standard InChI is InChI=1S/C54H45N/c1-36-20-25-42(26-21-36)55-50-31-24-39(35-49(50)52(2)32-12-13-33-53(52,55)3)38-23-28-46-48(34-38)54(40-15-6-4-7-16-40,41-17-8-5-9-18-41)47-30-29-44-43-19-11-10-14-37(43)22-27-45(44)51(46)47/h4-11,14-31,34-35H,12-13,32-33H2,1-3H3. The van der Waals surface area contributed by atoms with E-state index in [-0.39, 0.29) is 11.0 Å². The Morgan fingerprint density at radius 3 is 1.87 bits per heavy atom. The zero-order valence-corrected chi connectivity index (χ0v) is 31.9. The highest BCUT2D eigenvalue weighted by Gasteiger charge is 2.57. The Kier molecular flexibility index (Phi) is 6.97. The lowest BCUT2D eigenvalue weighted by Crippen LogP contribution is -2.54. The smallest absolute Gasteiger partial charge is 0.0714 e. The largest absolute Gasteiger partial charge is 0.334 e. The SMILES string of the molecule is Cc1ccc(N2c3ccc(-c4ccc5c(c4)C(c4ccccc4)(c4ccccc4)c4ccc6c(ccc7ccccc76)c4-5)cc3C3(C)CCCCC23C)cc1. The van der Waals surface area contributed by atoms with Gasteiger partial charge in [-0.05, 0) is 129 Å².